The predicted octanol–water partition coefficient (Wildman–Crippen LogP) is 8.64. The van der Waals surface area contributed by atoms with E-state index in [1.165, 1.54) is 219 Å². The Morgan fingerprint density at radius 3 is 1.15 bits per heavy atom. The largest absolute Gasteiger partial charge is 1.00 e. The summed E-state index contributed by atoms with van der Waals surface area (Å²) in [7, 11) is 0. The van der Waals surface area contributed by atoms with Crippen molar-refractivity contribution in [2.75, 3.05) is 19.6 Å². The standard InChI is InChI=1S/C37H75N.BrH/c1-3-5-7-9-11-13-15-17-19-21-23-25-27-29-32-37-33-31-35-38(36-37)34-30-28-26-24-22-20-18-16-14-12-10-8-6-4-2;/h37H,3-36H2,1-2H3;1H. The van der Waals surface area contributed by atoms with E-state index in [2.05, 4.69) is 13.8 Å². The molecule has 0 aromatic rings. The van der Waals surface area contributed by atoms with Gasteiger partial charge in [-0.1, -0.05) is 181 Å². The highest BCUT2D eigenvalue weighted by Crippen LogP contribution is 2.18. The lowest BCUT2D eigenvalue weighted by atomic mass is 9.92. The lowest BCUT2D eigenvalue weighted by molar-refractivity contribution is -0.909. The van der Waals surface area contributed by atoms with Gasteiger partial charge >= 0.3 is 0 Å². The molecule has 1 rings (SSSR count). The molecule has 39 heavy (non-hydrogen) atoms. The van der Waals surface area contributed by atoms with Crippen molar-refractivity contribution in [1.29, 1.82) is 0 Å². The quantitative estimate of drug-likeness (QED) is 0.0773. The molecule has 0 spiro atoms. The summed E-state index contributed by atoms with van der Waals surface area (Å²) in [4.78, 5) is 1.95. The van der Waals surface area contributed by atoms with Crippen LogP contribution in [0.1, 0.15) is 213 Å². The third-order valence-electron chi connectivity index (χ3n) is 9.57. The summed E-state index contributed by atoms with van der Waals surface area (Å²) in [6.07, 6.45) is 46.0. The van der Waals surface area contributed by atoms with Crippen LogP contribution in [0.5, 0.6) is 0 Å². The molecule has 2 atom stereocenters. The number of unbranched alkanes of at least 4 members (excludes halogenated alkanes) is 26. The average molecular weight is 615 g/mol. The molecule has 1 heterocycles. The summed E-state index contributed by atoms with van der Waals surface area (Å²) in [6, 6.07) is 0. The van der Waals surface area contributed by atoms with Crippen LogP contribution in [-0.2, 0) is 0 Å². The Kier molecular flexibility index (Phi) is 33.3. The molecular formula is C37H76BrN. The van der Waals surface area contributed by atoms with E-state index < -0.39 is 0 Å². The molecule has 0 radical (unpaired) electrons. The minimum atomic E-state index is 0. The summed E-state index contributed by atoms with van der Waals surface area (Å²) >= 11 is 0. The maximum absolute atomic E-state index is 2.31. The summed E-state index contributed by atoms with van der Waals surface area (Å²) in [5.74, 6) is 1.04. The Morgan fingerprint density at radius 1 is 0.436 bits per heavy atom. The maximum atomic E-state index is 2.31. The van der Waals surface area contributed by atoms with Gasteiger partial charge in [0.05, 0.1) is 19.6 Å². The van der Waals surface area contributed by atoms with Gasteiger partial charge in [-0.15, -0.1) is 0 Å². The lowest BCUT2D eigenvalue weighted by Gasteiger charge is -2.30. The van der Waals surface area contributed by atoms with Crippen molar-refractivity contribution in [3.63, 3.8) is 0 Å². The normalized spacial score (nSPS) is 17.4. The minimum Gasteiger partial charge on any atom is -1.00 e. The molecule has 0 aliphatic carbocycles. The Morgan fingerprint density at radius 2 is 0.769 bits per heavy atom. The van der Waals surface area contributed by atoms with Crippen LogP contribution < -0.4 is 21.9 Å². The zero-order valence-corrected chi connectivity index (χ0v) is 29.1. The monoisotopic (exact) mass is 614 g/mol. The van der Waals surface area contributed by atoms with E-state index >= 15 is 0 Å². The van der Waals surface area contributed by atoms with Crippen LogP contribution >= 0.6 is 0 Å². The highest BCUT2D eigenvalue weighted by Gasteiger charge is 2.22. The maximum Gasteiger partial charge on any atom is 0.0799 e. The highest BCUT2D eigenvalue weighted by molar-refractivity contribution is 4.63. The molecule has 1 nitrogen and oxygen atoms in total. The molecule has 0 amide bonds. The van der Waals surface area contributed by atoms with Crippen molar-refractivity contribution in [3.05, 3.63) is 0 Å². The predicted molar refractivity (Wildman–Crippen MR) is 174 cm³/mol. The van der Waals surface area contributed by atoms with Gasteiger partial charge in [-0.25, -0.2) is 0 Å². The number of hydrogen-bond acceptors (Lipinski definition) is 0. The molecule has 2 heteroatoms. The highest BCUT2D eigenvalue weighted by atomic mass is 79.9. The molecule has 1 aliphatic heterocycles. The smallest absolute Gasteiger partial charge is 0.0799 e. The Labute approximate surface area is 259 Å². The van der Waals surface area contributed by atoms with Crippen LogP contribution in [0.4, 0.5) is 0 Å². The number of rotatable bonds is 30. The van der Waals surface area contributed by atoms with Crippen molar-refractivity contribution < 1.29 is 21.9 Å². The summed E-state index contributed by atoms with van der Waals surface area (Å²) < 4.78 is 0. The van der Waals surface area contributed by atoms with Gasteiger partial charge in [0, 0.05) is 5.92 Å². The molecule has 1 fully saturated rings. The first-order valence-corrected chi connectivity index (χ1v) is 18.7. The second-order valence-electron chi connectivity index (χ2n) is 13.4. The zero-order chi connectivity index (χ0) is 27.2. The summed E-state index contributed by atoms with van der Waals surface area (Å²) in [5.41, 5.74) is 0. The van der Waals surface area contributed by atoms with Gasteiger partial charge < -0.3 is 21.9 Å². The fourth-order valence-corrected chi connectivity index (χ4v) is 6.92. The number of likely N-dealkylation sites (tertiary alicyclic amines) is 1. The first-order chi connectivity index (χ1) is 18.9. The van der Waals surface area contributed by atoms with E-state index in [9.17, 15) is 0 Å². The second-order valence-corrected chi connectivity index (χ2v) is 13.4. The van der Waals surface area contributed by atoms with Gasteiger partial charge in [0.1, 0.15) is 0 Å². The number of hydrogen-bond donors (Lipinski definition) is 1. The molecule has 2 unspecified atom stereocenters. The van der Waals surface area contributed by atoms with Gasteiger partial charge in [0.25, 0.3) is 0 Å². The lowest BCUT2D eigenvalue weighted by Crippen LogP contribution is -3.13. The number of piperidine rings is 1. The van der Waals surface area contributed by atoms with Crippen molar-refractivity contribution >= 4 is 0 Å². The van der Waals surface area contributed by atoms with Crippen LogP contribution in [0.15, 0.2) is 0 Å². The Bertz CT molecular complexity index is 401. The van der Waals surface area contributed by atoms with Gasteiger partial charge in [0.2, 0.25) is 0 Å². The number of quaternary nitrogens is 1. The first kappa shape index (κ1) is 39.4. The van der Waals surface area contributed by atoms with Gasteiger partial charge in [-0.3, -0.25) is 0 Å². The molecule has 1 N–H and O–H groups in total. The summed E-state index contributed by atoms with van der Waals surface area (Å²) in [5, 5.41) is 0. The molecule has 0 saturated carbocycles. The van der Waals surface area contributed by atoms with Crippen molar-refractivity contribution in [2.45, 2.75) is 213 Å². The molecule has 0 aromatic heterocycles. The number of nitrogens with one attached hydrogen (secondary N) is 1. The van der Waals surface area contributed by atoms with Gasteiger partial charge in [-0.2, -0.15) is 0 Å². The van der Waals surface area contributed by atoms with Crippen LogP contribution in [0, 0.1) is 5.92 Å². The SMILES string of the molecule is CCCCCCCCCCCCCCCCC1CCC[NH+](CCCCCCCCCCCCCCCC)C1.[Br-]. The first-order valence-electron chi connectivity index (χ1n) is 18.7. The fraction of sp³-hybridized carbons (Fsp3) is 1.00. The van der Waals surface area contributed by atoms with E-state index in [0.717, 1.165) is 5.92 Å². The van der Waals surface area contributed by atoms with Crippen LogP contribution in [-0.4, -0.2) is 19.6 Å². The fourth-order valence-electron chi connectivity index (χ4n) is 6.92. The zero-order valence-electron chi connectivity index (χ0n) is 27.5. The minimum absolute atomic E-state index is 0. The number of halogens is 1. The van der Waals surface area contributed by atoms with Crippen LogP contribution in [0.25, 0.3) is 0 Å². The van der Waals surface area contributed by atoms with E-state index in [0.29, 0.717) is 0 Å². The molecule has 1 saturated heterocycles. The third kappa shape index (κ3) is 28.3. The van der Waals surface area contributed by atoms with Gasteiger partial charge in [0.15, 0.2) is 0 Å². The van der Waals surface area contributed by atoms with Crippen LogP contribution in [0.3, 0.4) is 0 Å². The van der Waals surface area contributed by atoms with Gasteiger partial charge in [-0.05, 0) is 32.1 Å². The second kappa shape index (κ2) is 32.9. The third-order valence-corrected chi connectivity index (χ3v) is 9.57. The van der Waals surface area contributed by atoms with E-state index in [1.54, 1.807) is 0 Å². The Balaban J connectivity index is 0.0000144. The van der Waals surface area contributed by atoms with Crippen LogP contribution in [0.2, 0.25) is 0 Å². The Hall–Kier alpha value is 0.440. The molecule has 236 valence electrons. The van der Waals surface area contributed by atoms with E-state index in [4.69, 9.17) is 0 Å². The summed E-state index contributed by atoms with van der Waals surface area (Å²) in [6.45, 7) is 9.05. The van der Waals surface area contributed by atoms with E-state index in [-0.39, 0.29) is 17.0 Å². The molecule has 0 aromatic carbocycles. The molecular weight excluding hydrogens is 538 g/mol. The topological polar surface area (TPSA) is 4.44 Å². The average Bonchev–Trinajstić information content (AvgIpc) is 2.93. The molecule has 0 bridgehead atoms. The van der Waals surface area contributed by atoms with Crippen molar-refractivity contribution in [3.8, 4) is 0 Å². The van der Waals surface area contributed by atoms with Crippen molar-refractivity contribution in [2.24, 2.45) is 5.92 Å². The van der Waals surface area contributed by atoms with Crippen molar-refractivity contribution in [1.82, 2.24) is 0 Å². The molecule has 1 aliphatic rings. The van der Waals surface area contributed by atoms with E-state index in [1.807, 2.05) is 4.90 Å².